The quantitative estimate of drug-likeness (QED) is 0.0270. The lowest BCUT2D eigenvalue weighted by Crippen LogP contribution is -2.02. The number of aromatic hydroxyl groups is 4. The molecular formula is C57H62ClN5O8S5. The molecule has 0 bridgehead atoms. The third kappa shape index (κ3) is 18.8. The number of nitrogens with zero attached hydrogens (tertiary/aromatic N) is 5. The number of alkyl halides is 1. The predicted octanol–water partition coefficient (Wildman–Crippen LogP) is 14.9. The summed E-state index contributed by atoms with van der Waals surface area (Å²) in [6, 6.07) is 22.2. The fourth-order valence-corrected chi connectivity index (χ4v) is 10.9. The molecule has 0 aliphatic carbocycles. The van der Waals surface area contributed by atoms with Crippen molar-refractivity contribution >= 4 is 68.3 Å². The van der Waals surface area contributed by atoms with E-state index in [9.17, 15) is 20.4 Å². The van der Waals surface area contributed by atoms with E-state index in [-0.39, 0.29) is 23.0 Å². The van der Waals surface area contributed by atoms with Gasteiger partial charge in [-0.15, -0.1) is 68.3 Å². The molecule has 9 aromatic rings. The fraction of sp³-hybridized carbons (Fsp3) is 0.316. The van der Waals surface area contributed by atoms with Crippen molar-refractivity contribution in [2.75, 3.05) is 0 Å². The van der Waals surface area contributed by atoms with Gasteiger partial charge in [0.25, 0.3) is 0 Å². The lowest BCUT2D eigenvalue weighted by Gasteiger charge is -2.14. The first kappa shape index (κ1) is 57.4. The van der Waals surface area contributed by atoms with Crippen molar-refractivity contribution in [3.8, 4) is 46.0 Å². The highest BCUT2D eigenvalue weighted by Gasteiger charge is 2.13. The van der Waals surface area contributed by atoms with E-state index in [0.29, 0.717) is 43.8 Å². The molecule has 400 valence electrons. The summed E-state index contributed by atoms with van der Waals surface area (Å²) in [5.74, 6) is 3.02. The summed E-state index contributed by atoms with van der Waals surface area (Å²) in [5.41, 5.74) is 9.04. The maximum absolute atomic E-state index is 9.39. The highest BCUT2D eigenvalue weighted by atomic mass is 35.5. The van der Waals surface area contributed by atoms with E-state index in [2.05, 4.69) is 49.2 Å². The topological polar surface area (TPSA) is 182 Å². The smallest absolute Gasteiger partial charge is 0.162 e. The highest BCUT2D eigenvalue weighted by molar-refractivity contribution is 7.10. The molecule has 5 aromatic heterocycles. The van der Waals surface area contributed by atoms with Crippen molar-refractivity contribution in [3.05, 3.63) is 175 Å². The predicted molar refractivity (Wildman–Crippen MR) is 307 cm³/mol. The first-order valence-electron chi connectivity index (χ1n) is 24.6. The van der Waals surface area contributed by atoms with Gasteiger partial charge in [0.15, 0.2) is 46.0 Å². The summed E-state index contributed by atoms with van der Waals surface area (Å²) in [5, 5.41) is 52.5. The van der Waals surface area contributed by atoms with Crippen LogP contribution in [0.4, 0.5) is 0 Å². The molecule has 0 aliphatic rings. The summed E-state index contributed by atoms with van der Waals surface area (Å²) in [6.45, 7) is 11.6. The van der Waals surface area contributed by atoms with Crippen molar-refractivity contribution in [3.63, 3.8) is 0 Å². The van der Waals surface area contributed by atoms with Crippen molar-refractivity contribution < 1.29 is 39.4 Å². The molecule has 76 heavy (non-hydrogen) atoms. The van der Waals surface area contributed by atoms with Crippen LogP contribution in [0.15, 0.2) is 99.7 Å². The van der Waals surface area contributed by atoms with E-state index in [1.807, 2.05) is 73.7 Å². The van der Waals surface area contributed by atoms with Crippen LogP contribution < -0.4 is 18.9 Å². The molecule has 9 rings (SSSR count). The van der Waals surface area contributed by atoms with Crippen LogP contribution in [0, 0.1) is 34.6 Å². The zero-order valence-corrected chi connectivity index (χ0v) is 47.9. The number of hydrogen-bond donors (Lipinski definition) is 4. The number of hydrogen-bond acceptors (Lipinski definition) is 18. The first-order chi connectivity index (χ1) is 36.7. The number of unbranched alkanes of at least 4 members (excludes halogenated alkanes) is 2. The Morgan fingerprint density at radius 1 is 0.355 bits per heavy atom. The standard InChI is InChI=1S/C36H38N4O4S4.C16H18O4.C5H6ClNS/c1-23-37-29(19-45-23)15-41-33-11-9-27(13-35(33)43-17-31-21-47-25(3)39-31)7-5-6-8-28-10-12-34(42-16-30-20-46-24(2)38-30)36(14-28)44-18-32-22-48-26(4)40-32;17-13-7-5-11(9-15(13)19)3-1-2-4-12-6-8-14(18)16(20)10-12;1-4-7-5(2-6)3-8-4/h9-14,19-22H,5-8,15-18H2,1-4H3;5-10,17-20H,1-4H2;3H,2H2,1H3. The maximum Gasteiger partial charge on any atom is 0.162 e. The number of halogens is 1. The highest BCUT2D eigenvalue weighted by Crippen LogP contribution is 2.34. The maximum atomic E-state index is 9.39. The zero-order chi connectivity index (χ0) is 53.8. The molecule has 4 aromatic carbocycles. The van der Waals surface area contributed by atoms with Gasteiger partial charge in [-0.1, -0.05) is 24.3 Å². The van der Waals surface area contributed by atoms with Gasteiger partial charge < -0.3 is 39.4 Å². The van der Waals surface area contributed by atoms with Crippen molar-refractivity contribution in [2.24, 2.45) is 0 Å². The second kappa shape index (κ2) is 29.3. The molecule has 5 heterocycles. The van der Waals surface area contributed by atoms with Gasteiger partial charge in [-0.2, -0.15) is 0 Å². The molecule has 13 nitrogen and oxygen atoms in total. The van der Waals surface area contributed by atoms with Crippen LogP contribution in [0.5, 0.6) is 46.0 Å². The molecule has 0 atom stereocenters. The Labute approximate surface area is 469 Å². The SMILES string of the molecule is Cc1nc(CCl)cs1.Cc1nc(COc2ccc(CCCCc3ccc(OCc4csc(C)n4)c(OCc4csc(C)n4)c3)cc2OCc2csc(C)n2)cs1.Oc1ccc(CCCCc2ccc(O)c(O)c2)cc1O. The number of ether oxygens (including phenoxy) is 4. The van der Waals surface area contributed by atoms with Crippen LogP contribution in [0.1, 0.15) is 101 Å². The second-order valence-electron chi connectivity index (χ2n) is 17.7. The van der Waals surface area contributed by atoms with Gasteiger partial charge in [0, 0.05) is 26.9 Å². The van der Waals surface area contributed by atoms with Gasteiger partial charge in [-0.05, 0) is 157 Å². The monoisotopic (exact) mass is 1140 g/mol. The number of thiazole rings is 5. The summed E-state index contributed by atoms with van der Waals surface area (Å²) < 4.78 is 24.8. The van der Waals surface area contributed by atoms with E-state index in [4.69, 9.17) is 30.5 Å². The van der Waals surface area contributed by atoms with Crippen LogP contribution in [0.2, 0.25) is 0 Å². The van der Waals surface area contributed by atoms with Gasteiger partial charge in [-0.25, -0.2) is 24.9 Å². The summed E-state index contributed by atoms with van der Waals surface area (Å²) in [7, 11) is 0. The normalized spacial score (nSPS) is 10.9. The molecular weight excluding hydrogens is 1080 g/mol. The number of rotatable bonds is 23. The summed E-state index contributed by atoms with van der Waals surface area (Å²) in [6.07, 6.45) is 7.42. The lowest BCUT2D eigenvalue weighted by atomic mass is 10.0. The Morgan fingerprint density at radius 3 is 0.895 bits per heavy atom. The Balaban J connectivity index is 0.000000245. The van der Waals surface area contributed by atoms with E-state index in [1.165, 1.54) is 23.3 Å². The summed E-state index contributed by atoms with van der Waals surface area (Å²) in [4.78, 5) is 22.3. The van der Waals surface area contributed by atoms with E-state index >= 15 is 0 Å². The minimum absolute atomic E-state index is 0.0917. The fourth-order valence-electron chi connectivity index (χ4n) is 7.62. The molecule has 0 spiro atoms. The molecule has 0 saturated heterocycles. The van der Waals surface area contributed by atoms with Gasteiger partial charge in [0.2, 0.25) is 0 Å². The van der Waals surface area contributed by atoms with Crippen molar-refractivity contribution in [1.82, 2.24) is 24.9 Å². The lowest BCUT2D eigenvalue weighted by molar-refractivity contribution is 0.252. The van der Waals surface area contributed by atoms with E-state index < -0.39 is 0 Å². The Kier molecular flexibility index (Phi) is 22.1. The molecule has 0 fully saturated rings. The summed E-state index contributed by atoms with van der Waals surface area (Å²) >= 11 is 13.6. The average molecular weight is 1140 g/mol. The van der Waals surface area contributed by atoms with Crippen molar-refractivity contribution in [2.45, 2.75) is 118 Å². The van der Waals surface area contributed by atoms with Gasteiger partial charge in [0.05, 0.1) is 59.4 Å². The van der Waals surface area contributed by atoms with E-state index in [0.717, 1.165) is 128 Å². The number of phenols is 4. The molecule has 0 saturated carbocycles. The molecule has 0 unspecified atom stereocenters. The third-order valence-electron chi connectivity index (χ3n) is 11.4. The Morgan fingerprint density at radius 2 is 0.632 bits per heavy atom. The second-order valence-corrected chi connectivity index (χ2v) is 23.3. The number of phenolic OH excluding ortho intramolecular Hbond substituents is 4. The van der Waals surface area contributed by atoms with Crippen LogP contribution in [0.25, 0.3) is 0 Å². The third-order valence-corrected chi connectivity index (χ3v) is 15.8. The number of aromatic nitrogens is 5. The van der Waals surface area contributed by atoms with Crippen molar-refractivity contribution in [1.29, 1.82) is 0 Å². The van der Waals surface area contributed by atoms with Gasteiger partial charge >= 0.3 is 0 Å². The van der Waals surface area contributed by atoms with Crippen LogP contribution in [-0.4, -0.2) is 45.3 Å². The number of benzene rings is 4. The van der Waals surface area contributed by atoms with Gasteiger partial charge in [0.1, 0.15) is 26.4 Å². The number of aryl methyl sites for hydroxylation is 9. The Bertz CT molecular complexity index is 3030. The van der Waals surface area contributed by atoms with Crippen LogP contribution in [0.3, 0.4) is 0 Å². The molecule has 0 aliphatic heterocycles. The van der Waals surface area contributed by atoms with Crippen LogP contribution in [-0.2, 0) is 58.0 Å². The average Bonchev–Trinajstić information content (AvgIpc) is 4.29. The molecule has 0 radical (unpaired) electrons. The molecule has 0 amide bonds. The minimum atomic E-state index is -0.103. The van der Waals surface area contributed by atoms with Crippen LogP contribution >= 0.6 is 68.3 Å². The van der Waals surface area contributed by atoms with E-state index in [1.54, 1.807) is 80.9 Å². The minimum Gasteiger partial charge on any atom is -0.504 e. The Hall–Kier alpha value is -6.28. The molecule has 4 N–H and O–H groups in total. The first-order valence-corrected chi connectivity index (χ1v) is 29.6. The largest absolute Gasteiger partial charge is 0.504 e. The zero-order valence-electron chi connectivity index (χ0n) is 43.1. The van der Waals surface area contributed by atoms with Gasteiger partial charge in [-0.3, -0.25) is 0 Å². The molecule has 19 heteroatoms.